The van der Waals surface area contributed by atoms with Crippen molar-refractivity contribution >= 4 is 17.3 Å². The van der Waals surface area contributed by atoms with E-state index in [1.54, 1.807) is 5.38 Å². The second-order valence-corrected chi connectivity index (χ2v) is 9.31. The van der Waals surface area contributed by atoms with Crippen LogP contribution in [0.5, 0.6) is 0 Å². The van der Waals surface area contributed by atoms with Crippen molar-refractivity contribution in [2.24, 2.45) is 10.8 Å². The Labute approximate surface area is 136 Å². The fourth-order valence-corrected chi connectivity index (χ4v) is 5.68. The molecule has 4 nitrogen and oxygen atoms in total. The van der Waals surface area contributed by atoms with Gasteiger partial charge in [0.25, 0.3) is 0 Å². The van der Waals surface area contributed by atoms with Crippen LogP contribution in [0.25, 0.3) is 0 Å². The number of aromatic carboxylic acids is 1. The Kier molecular flexibility index (Phi) is 3.84. The monoisotopic (exact) mass is 322 g/mol. The van der Waals surface area contributed by atoms with Gasteiger partial charge in [0.1, 0.15) is 0 Å². The maximum Gasteiger partial charge on any atom is 0.355 e. The zero-order chi connectivity index (χ0) is 16.1. The maximum atomic E-state index is 11.0. The van der Waals surface area contributed by atoms with Crippen LogP contribution in [0.15, 0.2) is 5.38 Å². The minimum Gasteiger partial charge on any atom is -0.476 e. The lowest BCUT2D eigenvalue weighted by atomic mass is 9.65. The number of rotatable bonds is 4. The predicted molar refractivity (Wildman–Crippen MR) is 88.6 cm³/mol. The molecule has 2 fully saturated rings. The number of hydrogen-bond acceptors (Lipinski definition) is 4. The number of carbonyl (C=O) groups is 1. The zero-order valence-electron chi connectivity index (χ0n) is 13.9. The summed E-state index contributed by atoms with van der Waals surface area (Å²) in [4.78, 5) is 17.9. The van der Waals surface area contributed by atoms with E-state index in [-0.39, 0.29) is 5.69 Å². The summed E-state index contributed by atoms with van der Waals surface area (Å²) in [6.07, 6.45) is 3.89. The van der Waals surface area contributed by atoms with Gasteiger partial charge in [0, 0.05) is 30.4 Å². The summed E-state index contributed by atoms with van der Waals surface area (Å²) >= 11 is 1.47. The van der Waals surface area contributed by atoms with Crippen molar-refractivity contribution in [2.75, 3.05) is 13.1 Å². The Morgan fingerprint density at radius 1 is 1.50 bits per heavy atom. The molecule has 1 aliphatic carbocycles. The van der Waals surface area contributed by atoms with E-state index in [0.717, 1.165) is 11.6 Å². The normalized spacial score (nSPS) is 32.1. The van der Waals surface area contributed by atoms with Gasteiger partial charge in [-0.1, -0.05) is 27.7 Å². The molecule has 0 aromatic carbocycles. The average Bonchev–Trinajstić information content (AvgIpc) is 2.92. The first-order chi connectivity index (χ1) is 10.2. The van der Waals surface area contributed by atoms with Crippen molar-refractivity contribution < 1.29 is 9.90 Å². The van der Waals surface area contributed by atoms with Crippen LogP contribution in [-0.2, 0) is 0 Å². The van der Waals surface area contributed by atoms with Gasteiger partial charge in [-0.2, -0.15) is 0 Å². The lowest BCUT2D eigenvalue weighted by Crippen LogP contribution is -2.36. The third kappa shape index (κ3) is 3.06. The van der Waals surface area contributed by atoms with Crippen LogP contribution >= 0.6 is 11.3 Å². The molecule has 1 N–H and O–H groups in total. The van der Waals surface area contributed by atoms with Gasteiger partial charge < -0.3 is 5.11 Å². The highest BCUT2D eigenvalue weighted by Gasteiger charge is 2.49. The molecule has 22 heavy (non-hydrogen) atoms. The SMILES string of the molecule is CC(CN1CC2(C)CC1CC(C)(C)C2)c1nc(C(=O)O)cs1. The van der Waals surface area contributed by atoms with E-state index in [1.165, 1.54) is 37.1 Å². The van der Waals surface area contributed by atoms with Crippen LogP contribution in [0.4, 0.5) is 0 Å². The molecule has 1 aromatic rings. The molecule has 0 amide bonds. The number of thiazole rings is 1. The third-order valence-electron chi connectivity index (χ3n) is 5.19. The Bertz CT molecular complexity index is 583. The molecule has 1 aromatic heterocycles. The first-order valence-electron chi connectivity index (χ1n) is 8.10. The molecule has 3 unspecified atom stereocenters. The van der Waals surface area contributed by atoms with E-state index in [4.69, 9.17) is 5.11 Å². The Morgan fingerprint density at radius 2 is 2.23 bits per heavy atom. The number of nitrogens with zero attached hydrogens (tertiary/aromatic N) is 2. The molecule has 3 rings (SSSR count). The minimum atomic E-state index is -0.930. The molecule has 1 saturated heterocycles. The summed E-state index contributed by atoms with van der Waals surface area (Å²) in [5.74, 6) is -0.634. The van der Waals surface area contributed by atoms with Gasteiger partial charge in [-0.3, -0.25) is 4.90 Å². The number of hydrogen-bond donors (Lipinski definition) is 1. The van der Waals surface area contributed by atoms with Crippen LogP contribution in [0.2, 0.25) is 0 Å². The first kappa shape index (κ1) is 15.9. The topological polar surface area (TPSA) is 53.4 Å². The molecule has 3 atom stereocenters. The number of aromatic nitrogens is 1. The minimum absolute atomic E-state index is 0.181. The molecule has 1 aliphatic heterocycles. The number of carboxylic acid groups (broad SMARTS) is 1. The van der Waals surface area contributed by atoms with Gasteiger partial charge in [-0.15, -0.1) is 11.3 Å². The van der Waals surface area contributed by atoms with Crippen molar-refractivity contribution in [2.45, 2.75) is 58.9 Å². The molecule has 0 radical (unpaired) electrons. The largest absolute Gasteiger partial charge is 0.476 e. The molecule has 1 saturated carbocycles. The third-order valence-corrected chi connectivity index (χ3v) is 6.27. The van der Waals surface area contributed by atoms with Gasteiger partial charge in [0.15, 0.2) is 5.69 Å². The van der Waals surface area contributed by atoms with Crippen LogP contribution in [0, 0.1) is 10.8 Å². The first-order valence-corrected chi connectivity index (χ1v) is 8.98. The Morgan fingerprint density at radius 3 is 2.86 bits per heavy atom. The van der Waals surface area contributed by atoms with Crippen LogP contribution < -0.4 is 0 Å². The zero-order valence-corrected chi connectivity index (χ0v) is 14.7. The highest BCUT2D eigenvalue weighted by molar-refractivity contribution is 7.09. The van der Waals surface area contributed by atoms with Crippen molar-refractivity contribution in [1.29, 1.82) is 0 Å². The quantitative estimate of drug-likeness (QED) is 0.915. The number of carboxylic acids is 1. The van der Waals surface area contributed by atoms with E-state index >= 15 is 0 Å². The van der Waals surface area contributed by atoms with Crippen molar-refractivity contribution in [1.82, 2.24) is 9.88 Å². The van der Waals surface area contributed by atoms with E-state index in [2.05, 4.69) is 37.6 Å². The van der Waals surface area contributed by atoms with E-state index in [1.807, 2.05) is 0 Å². The second-order valence-electron chi connectivity index (χ2n) is 8.42. The molecule has 2 aliphatic rings. The summed E-state index contributed by atoms with van der Waals surface area (Å²) in [7, 11) is 0. The highest BCUT2D eigenvalue weighted by Crippen LogP contribution is 2.52. The van der Waals surface area contributed by atoms with Crippen LogP contribution in [0.1, 0.15) is 68.4 Å². The van der Waals surface area contributed by atoms with E-state index < -0.39 is 5.97 Å². The fourth-order valence-electron chi connectivity index (χ4n) is 4.83. The highest BCUT2D eigenvalue weighted by atomic mass is 32.1. The smallest absolute Gasteiger partial charge is 0.355 e. The standard InChI is InChI=1S/C17H26N2O2S/c1-11(14-18-13(8-22-14)15(20)21)7-19-10-17(4)6-12(19)5-16(2,3)9-17/h8,11-12H,5-7,9-10H2,1-4H3,(H,20,21). The summed E-state index contributed by atoms with van der Waals surface area (Å²) in [6, 6.07) is 0.676. The van der Waals surface area contributed by atoms with Crippen molar-refractivity contribution in [3.63, 3.8) is 0 Å². The molecular formula is C17H26N2O2S. The summed E-state index contributed by atoms with van der Waals surface area (Å²) in [6.45, 7) is 11.5. The van der Waals surface area contributed by atoms with Gasteiger partial charge in [0.05, 0.1) is 5.01 Å². The van der Waals surface area contributed by atoms with Gasteiger partial charge in [0.2, 0.25) is 0 Å². The van der Waals surface area contributed by atoms with E-state index in [9.17, 15) is 4.79 Å². The number of fused-ring (bicyclic) bond motifs is 2. The predicted octanol–water partition coefficient (Wildman–Crippen LogP) is 3.85. The van der Waals surface area contributed by atoms with Crippen LogP contribution in [0.3, 0.4) is 0 Å². The van der Waals surface area contributed by atoms with Gasteiger partial charge >= 0.3 is 5.97 Å². The van der Waals surface area contributed by atoms with Gasteiger partial charge in [-0.05, 0) is 30.1 Å². The summed E-state index contributed by atoms with van der Waals surface area (Å²) in [5.41, 5.74) is 1.06. The lowest BCUT2D eigenvalue weighted by molar-refractivity contribution is 0.0691. The molecule has 2 heterocycles. The molecule has 0 spiro atoms. The maximum absolute atomic E-state index is 11.0. The fraction of sp³-hybridized carbons (Fsp3) is 0.765. The lowest BCUT2D eigenvalue weighted by Gasteiger charge is -2.40. The van der Waals surface area contributed by atoms with Crippen molar-refractivity contribution in [3.05, 3.63) is 16.1 Å². The molecule has 122 valence electrons. The van der Waals surface area contributed by atoms with E-state index in [0.29, 0.717) is 22.8 Å². The number of likely N-dealkylation sites (tertiary alicyclic amines) is 1. The summed E-state index contributed by atoms with van der Waals surface area (Å²) in [5, 5.41) is 11.6. The molecule has 2 bridgehead atoms. The summed E-state index contributed by atoms with van der Waals surface area (Å²) < 4.78 is 0. The van der Waals surface area contributed by atoms with Gasteiger partial charge in [-0.25, -0.2) is 9.78 Å². The van der Waals surface area contributed by atoms with Crippen molar-refractivity contribution in [3.8, 4) is 0 Å². The Hall–Kier alpha value is -0.940. The molecular weight excluding hydrogens is 296 g/mol. The average molecular weight is 322 g/mol. The Balaban J connectivity index is 1.69. The van der Waals surface area contributed by atoms with Crippen LogP contribution in [-0.4, -0.2) is 40.1 Å². The molecule has 5 heteroatoms. The second kappa shape index (κ2) is 5.31.